The monoisotopic (exact) mass is 189 g/mol. The van der Waals surface area contributed by atoms with Crippen LogP contribution in [-0.4, -0.2) is 30.6 Å². The molecular formula is C8H15NO2S. The van der Waals surface area contributed by atoms with Crippen LogP contribution in [0.5, 0.6) is 0 Å². The SMILES string of the molecule is COC(=O)[C@H](N)C1CCSCC1. The summed E-state index contributed by atoms with van der Waals surface area (Å²) in [6.07, 6.45) is 2.09. The molecule has 4 heteroatoms. The van der Waals surface area contributed by atoms with Crippen LogP contribution in [0.4, 0.5) is 0 Å². The minimum Gasteiger partial charge on any atom is -0.468 e. The maximum absolute atomic E-state index is 11.1. The number of carbonyl (C=O) groups excluding carboxylic acids is 1. The van der Waals surface area contributed by atoms with Crippen molar-refractivity contribution < 1.29 is 9.53 Å². The van der Waals surface area contributed by atoms with Gasteiger partial charge < -0.3 is 10.5 Å². The van der Waals surface area contributed by atoms with Crippen molar-refractivity contribution in [2.24, 2.45) is 11.7 Å². The van der Waals surface area contributed by atoms with Crippen LogP contribution in [0.1, 0.15) is 12.8 Å². The number of methoxy groups -OCH3 is 1. The van der Waals surface area contributed by atoms with E-state index in [0.29, 0.717) is 5.92 Å². The molecule has 1 fully saturated rings. The molecule has 12 heavy (non-hydrogen) atoms. The van der Waals surface area contributed by atoms with E-state index in [0.717, 1.165) is 24.3 Å². The minimum absolute atomic E-state index is 0.271. The largest absolute Gasteiger partial charge is 0.468 e. The molecule has 1 saturated heterocycles. The third-order valence-electron chi connectivity index (χ3n) is 2.25. The molecule has 1 atom stereocenters. The van der Waals surface area contributed by atoms with E-state index in [1.54, 1.807) is 0 Å². The smallest absolute Gasteiger partial charge is 0.322 e. The summed E-state index contributed by atoms with van der Waals surface area (Å²) in [5.41, 5.74) is 5.72. The second-order valence-electron chi connectivity index (χ2n) is 3.00. The topological polar surface area (TPSA) is 52.3 Å². The van der Waals surface area contributed by atoms with Gasteiger partial charge in [0.2, 0.25) is 0 Å². The zero-order chi connectivity index (χ0) is 8.97. The highest BCUT2D eigenvalue weighted by Gasteiger charge is 2.26. The molecule has 2 N–H and O–H groups in total. The predicted octanol–water partition coefficient (Wildman–Crippen LogP) is 0.630. The Labute approximate surface area is 77.0 Å². The minimum atomic E-state index is -0.407. The van der Waals surface area contributed by atoms with E-state index in [1.807, 2.05) is 11.8 Å². The van der Waals surface area contributed by atoms with Crippen molar-refractivity contribution >= 4 is 17.7 Å². The van der Waals surface area contributed by atoms with Gasteiger partial charge in [-0.2, -0.15) is 11.8 Å². The van der Waals surface area contributed by atoms with E-state index in [2.05, 4.69) is 4.74 Å². The number of hydrogen-bond donors (Lipinski definition) is 1. The zero-order valence-corrected chi connectivity index (χ0v) is 8.10. The normalized spacial score (nSPS) is 21.8. The zero-order valence-electron chi connectivity index (χ0n) is 7.29. The van der Waals surface area contributed by atoms with Gasteiger partial charge in [-0.1, -0.05) is 0 Å². The molecule has 0 aromatic carbocycles. The van der Waals surface area contributed by atoms with Crippen LogP contribution in [0.2, 0.25) is 0 Å². The fourth-order valence-electron chi connectivity index (χ4n) is 1.40. The first-order valence-electron chi connectivity index (χ1n) is 4.17. The Morgan fingerprint density at radius 3 is 2.67 bits per heavy atom. The van der Waals surface area contributed by atoms with Gasteiger partial charge in [-0.3, -0.25) is 4.79 Å². The van der Waals surface area contributed by atoms with Crippen molar-refractivity contribution in [1.82, 2.24) is 0 Å². The molecule has 0 aliphatic carbocycles. The number of nitrogens with two attached hydrogens (primary N) is 1. The molecule has 0 saturated carbocycles. The molecule has 0 unspecified atom stereocenters. The number of thioether (sulfide) groups is 1. The highest BCUT2D eigenvalue weighted by atomic mass is 32.2. The second-order valence-corrected chi connectivity index (χ2v) is 4.22. The quantitative estimate of drug-likeness (QED) is 0.647. The van der Waals surface area contributed by atoms with Gasteiger partial charge in [0.1, 0.15) is 6.04 Å². The summed E-state index contributed by atoms with van der Waals surface area (Å²) >= 11 is 1.93. The molecule has 1 rings (SSSR count). The first-order valence-corrected chi connectivity index (χ1v) is 5.32. The average molecular weight is 189 g/mol. The van der Waals surface area contributed by atoms with Crippen LogP contribution in [-0.2, 0) is 9.53 Å². The summed E-state index contributed by atoms with van der Waals surface area (Å²) in [5, 5.41) is 0. The third kappa shape index (κ3) is 2.38. The Morgan fingerprint density at radius 2 is 2.17 bits per heavy atom. The molecule has 1 aliphatic rings. The van der Waals surface area contributed by atoms with E-state index in [9.17, 15) is 4.79 Å². The summed E-state index contributed by atoms with van der Waals surface area (Å²) in [6, 6.07) is -0.407. The lowest BCUT2D eigenvalue weighted by Gasteiger charge is -2.25. The molecular weight excluding hydrogens is 174 g/mol. The van der Waals surface area contributed by atoms with E-state index >= 15 is 0 Å². The van der Waals surface area contributed by atoms with Crippen LogP contribution >= 0.6 is 11.8 Å². The number of rotatable bonds is 2. The van der Waals surface area contributed by atoms with Crippen molar-refractivity contribution in [1.29, 1.82) is 0 Å². The van der Waals surface area contributed by atoms with Gasteiger partial charge >= 0.3 is 5.97 Å². The van der Waals surface area contributed by atoms with Crippen LogP contribution < -0.4 is 5.73 Å². The molecule has 0 aromatic rings. The number of ether oxygens (including phenoxy) is 1. The van der Waals surface area contributed by atoms with Gasteiger partial charge in [0.05, 0.1) is 7.11 Å². The van der Waals surface area contributed by atoms with Crippen molar-refractivity contribution in [2.75, 3.05) is 18.6 Å². The van der Waals surface area contributed by atoms with E-state index in [4.69, 9.17) is 5.73 Å². The molecule has 0 bridgehead atoms. The highest BCUT2D eigenvalue weighted by Crippen LogP contribution is 2.24. The molecule has 0 radical (unpaired) electrons. The van der Waals surface area contributed by atoms with Crippen molar-refractivity contribution in [3.05, 3.63) is 0 Å². The van der Waals surface area contributed by atoms with Crippen LogP contribution in [0.25, 0.3) is 0 Å². The molecule has 70 valence electrons. The highest BCUT2D eigenvalue weighted by molar-refractivity contribution is 7.99. The van der Waals surface area contributed by atoms with Crippen LogP contribution in [0.15, 0.2) is 0 Å². The maximum atomic E-state index is 11.1. The summed E-state index contributed by atoms with van der Waals surface area (Å²) in [7, 11) is 1.39. The maximum Gasteiger partial charge on any atom is 0.322 e. The lowest BCUT2D eigenvalue weighted by Crippen LogP contribution is -2.40. The van der Waals surface area contributed by atoms with Gasteiger partial charge in [-0.15, -0.1) is 0 Å². The lowest BCUT2D eigenvalue weighted by atomic mass is 9.94. The van der Waals surface area contributed by atoms with Gasteiger partial charge in [0, 0.05) is 0 Å². The third-order valence-corrected chi connectivity index (χ3v) is 3.30. The van der Waals surface area contributed by atoms with E-state index in [1.165, 1.54) is 7.11 Å². The van der Waals surface area contributed by atoms with E-state index in [-0.39, 0.29) is 5.97 Å². The summed E-state index contributed by atoms with van der Waals surface area (Å²) < 4.78 is 4.59. The summed E-state index contributed by atoms with van der Waals surface area (Å²) in [5.74, 6) is 2.30. The Morgan fingerprint density at radius 1 is 1.58 bits per heavy atom. The van der Waals surface area contributed by atoms with Crippen LogP contribution in [0.3, 0.4) is 0 Å². The predicted molar refractivity (Wildman–Crippen MR) is 50.0 cm³/mol. The van der Waals surface area contributed by atoms with Crippen molar-refractivity contribution in [2.45, 2.75) is 18.9 Å². The fraction of sp³-hybridized carbons (Fsp3) is 0.875. The van der Waals surface area contributed by atoms with Crippen LogP contribution in [0, 0.1) is 5.92 Å². The fourth-order valence-corrected chi connectivity index (χ4v) is 2.55. The molecule has 0 spiro atoms. The molecule has 3 nitrogen and oxygen atoms in total. The van der Waals surface area contributed by atoms with Gasteiger partial charge in [-0.05, 0) is 30.3 Å². The van der Waals surface area contributed by atoms with Gasteiger partial charge in [0.15, 0.2) is 0 Å². The molecule has 1 aliphatic heterocycles. The standard InChI is InChI=1S/C8H15NO2S/c1-11-8(10)7(9)6-2-4-12-5-3-6/h6-7H,2-5,9H2,1H3/t7-/m1/s1. The number of carbonyl (C=O) groups is 1. The van der Waals surface area contributed by atoms with Crippen molar-refractivity contribution in [3.8, 4) is 0 Å². The Kier molecular flexibility index (Phi) is 3.88. The first kappa shape index (κ1) is 9.86. The Bertz CT molecular complexity index is 157. The lowest BCUT2D eigenvalue weighted by molar-refractivity contribution is -0.143. The van der Waals surface area contributed by atoms with Gasteiger partial charge in [0.25, 0.3) is 0 Å². The average Bonchev–Trinajstić information content (AvgIpc) is 2.17. The molecule has 1 heterocycles. The van der Waals surface area contributed by atoms with Crippen molar-refractivity contribution in [3.63, 3.8) is 0 Å². The van der Waals surface area contributed by atoms with E-state index < -0.39 is 6.04 Å². The molecule has 0 amide bonds. The number of esters is 1. The summed E-state index contributed by atoms with van der Waals surface area (Å²) in [4.78, 5) is 11.1. The Balaban J connectivity index is 2.39. The number of hydrogen-bond acceptors (Lipinski definition) is 4. The summed E-state index contributed by atoms with van der Waals surface area (Å²) in [6.45, 7) is 0. The second kappa shape index (κ2) is 4.72. The van der Waals surface area contributed by atoms with Gasteiger partial charge in [-0.25, -0.2) is 0 Å². The molecule has 0 aromatic heterocycles. The first-order chi connectivity index (χ1) is 5.75. The Hall–Kier alpha value is -0.220.